The third-order valence-electron chi connectivity index (χ3n) is 3.55. The number of rotatable bonds is 2. The first kappa shape index (κ1) is 12.5. The van der Waals surface area contributed by atoms with Crippen molar-refractivity contribution < 1.29 is 4.42 Å². The van der Waals surface area contributed by atoms with Crippen molar-refractivity contribution in [3.63, 3.8) is 0 Å². The lowest BCUT2D eigenvalue weighted by Crippen LogP contribution is -2.16. The predicted octanol–water partition coefficient (Wildman–Crippen LogP) is 2.84. The maximum atomic E-state index is 12.0. The highest BCUT2D eigenvalue weighted by Crippen LogP contribution is 2.21. The number of fused-ring (bicyclic) bond motifs is 1. The largest absolute Gasteiger partial charge is 0.420 e. The fraction of sp³-hybridized carbons (Fsp3) is 0.188. The summed E-state index contributed by atoms with van der Waals surface area (Å²) in [5.74, 6) is -0.376. The van der Waals surface area contributed by atoms with Crippen LogP contribution in [0.5, 0.6) is 0 Å². The fourth-order valence-corrected chi connectivity index (χ4v) is 2.44. The third-order valence-corrected chi connectivity index (χ3v) is 3.55. The summed E-state index contributed by atoms with van der Waals surface area (Å²) in [6.45, 7) is 4.53. The van der Waals surface area contributed by atoms with E-state index in [1.54, 1.807) is 22.8 Å². The second kappa shape index (κ2) is 4.56. The molecule has 0 saturated heterocycles. The smallest absolute Gasteiger partial charge is 0.408 e. The molecule has 0 aliphatic heterocycles. The summed E-state index contributed by atoms with van der Waals surface area (Å²) in [5, 5.41) is 0. The Labute approximate surface area is 116 Å². The molecule has 0 radical (unpaired) electrons. The first-order chi connectivity index (χ1) is 9.56. The second-order valence-electron chi connectivity index (χ2n) is 5.08. The number of anilines is 1. The highest BCUT2D eigenvalue weighted by molar-refractivity contribution is 5.85. The van der Waals surface area contributed by atoms with Crippen LogP contribution in [0, 0.1) is 13.8 Å². The number of para-hydroxylation sites is 1. The van der Waals surface area contributed by atoms with Crippen LogP contribution < -0.4 is 11.5 Å². The SMILES string of the molecule is Cc1ccc(C)c(Cn2c(=O)oc3cccc(N)c32)c1. The zero-order valence-corrected chi connectivity index (χ0v) is 11.5. The minimum Gasteiger partial charge on any atom is -0.408 e. The molecule has 4 heteroatoms. The van der Waals surface area contributed by atoms with E-state index in [0.29, 0.717) is 23.3 Å². The highest BCUT2D eigenvalue weighted by atomic mass is 16.4. The van der Waals surface area contributed by atoms with Crippen LogP contribution >= 0.6 is 0 Å². The Morgan fingerprint density at radius 1 is 1.20 bits per heavy atom. The number of aryl methyl sites for hydroxylation is 2. The van der Waals surface area contributed by atoms with Gasteiger partial charge in [-0.1, -0.05) is 29.8 Å². The lowest BCUT2D eigenvalue weighted by atomic mass is 10.1. The molecule has 0 amide bonds. The molecule has 0 spiro atoms. The van der Waals surface area contributed by atoms with E-state index in [4.69, 9.17) is 10.2 Å². The lowest BCUT2D eigenvalue weighted by molar-refractivity contribution is 0.517. The van der Waals surface area contributed by atoms with Crippen molar-refractivity contribution in [2.24, 2.45) is 0 Å². The Bertz CT molecular complexity index is 843. The number of aromatic nitrogens is 1. The maximum Gasteiger partial charge on any atom is 0.420 e. The minimum atomic E-state index is -0.376. The van der Waals surface area contributed by atoms with Gasteiger partial charge in [-0.25, -0.2) is 4.79 Å². The van der Waals surface area contributed by atoms with Gasteiger partial charge in [-0.3, -0.25) is 4.57 Å². The predicted molar refractivity (Wildman–Crippen MR) is 79.9 cm³/mol. The van der Waals surface area contributed by atoms with Gasteiger partial charge in [-0.05, 0) is 37.1 Å². The molecule has 1 aromatic heterocycles. The monoisotopic (exact) mass is 268 g/mol. The third kappa shape index (κ3) is 1.99. The van der Waals surface area contributed by atoms with Crippen LogP contribution in [0.3, 0.4) is 0 Å². The van der Waals surface area contributed by atoms with E-state index in [1.165, 1.54) is 5.56 Å². The van der Waals surface area contributed by atoms with Crippen LogP contribution in [0.2, 0.25) is 0 Å². The van der Waals surface area contributed by atoms with Gasteiger partial charge in [0.2, 0.25) is 0 Å². The number of benzene rings is 2. The topological polar surface area (TPSA) is 61.2 Å². The molecule has 3 aromatic rings. The van der Waals surface area contributed by atoms with Gasteiger partial charge in [0.1, 0.15) is 5.52 Å². The summed E-state index contributed by atoms with van der Waals surface area (Å²) in [6.07, 6.45) is 0. The highest BCUT2D eigenvalue weighted by Gasteiger charge is 2.13. The van der Waals surface area contributed by atoms with Gasteiger partial charge >= 0.3 is 5.76 Å². The number of nitrogen functional groups attached to an aromatic ring is 1. The van der Waals surface area contributed by atoms with Crippen molar-refractivity contribution in [3.05, 3.63) is 63.6 Å². The Morgan fingerprint density at radius 3 is 2.80 bits per heavy atom. The molecule has 2 aromatic carbocycles. The first-order valence-corrected chi connectivity index (χ1v) is 6.50. The Balaban J connectivity index is 2.18. The zero-order chi connectivity index (χ0) is 14.3. The van der Waals surface area contributed by atoms with Gasteiger partial charge in [-0.2, -0.15) is 0 Å². The normalized spacial score (nSPS) is 11.1. The van der Waals surface area contributed by atoms with Gasteiger partial charge in [0, 0.05) is 0 Å². The average molecular weight is 268 g/mol. The Morgan fingerprint density at radius 2 is 2.00 bits per heavy atom. The molecule has 0 aliphatic carbocycles. The minimum absolute atomic E-state index is 0.376. The molecule has 3 rings (SSSR count). The summed E-state index contributed by atoms with van der Waals surface area (Å²) < 4.78 is 6.84. The molecule has 2 N–H and O–H groups in total. The van der Waals surface area contributed by atoms with Crippen LogP contribution in [-0.4, -0.2) is 4.57 Å². The van der Waals surface area contributed by atoms with Crippen LogP contribution in [-0.2, 0) is 6.54 Å². The average Bonchev–Trinajstić information content (AvgIpc) is 2.72. The first-order valence-electron chi connectivity index (χ1n) is 6.50. The molecule has 0 aliphatic rings. The fourth-order valence-electron chi connectivity index (χ4n) is 2.44. The van der Waals surface area contributed by atoms with Crippen LogP contribution in [0.15, 0.2) is 45.6 Å². The Hall–Kier alpha value is -2.49. The van der Waals surface area contributed by atoms with E-state index in [2.05, 4.69) is 18.2 Å². The van der Waals surface area contributed by atoms with Crippen molar-refractivity contribution in [2.45, 2.75) is 20.4 Å². The molecular weight excluding hydrogens is 252 g/mol. The summed E-state index contributed by atoms with van der Waals surface area (Å²) in [7, 11) is 0. The second-order valence-corrected chi connectivity index (χ2v) is 5.08. The quantitative estimate of drug-likeness (QED) is 0.727. The summed E-state index contributed by atoms with van der Waals surface area (Å²) in [6, 6.07) is 11.5. The maximum absolute atomic E-state index is 12.0. The van der Waals surface area contributed by atoms with E-state index >= 15 is 0 Å². The van der Waals surface area contributed by atoms with E-state index in [-0.39, 0.29) is 5.76 Å². The van der Waals surface area contributed by atoms with Crippen LogP contribution in [0.4, 0.5) is 5.69 Å². The van der Waals surface area contributed by atoms with Gasteiger partial charge in [0.05, 0.1) is 12.2 Å². The number of hydrogen-bond donors (Lipinski definition) is 1. The molecule has 20 heavy (non-hydrogen) atoms. The Kier molecular flexibility index (Phi) is 2.86. The number of hydrogen-bond acceptors (Lipinski definition) is 3. The van der Waals surface area contributed by atoms with Crippen molar-refractivity contribution in [1.29, 1.82) is 0 Å². The van der Waals surface area contributed by atoms with Crippen LogP contribution in [0.1, 0.15) is 16.7 Å². The van der Waals surface area contributed by atoms with Crippen molar-refractivity contribution >= 4 is 16.8 Å². The van der Waals surface area contributed by atoms with Crippen molar-refractivity contribution in [1.82, 2.24) is 4.57 Å². The molecule has 0 fully saturated rings. The summed E-state index contributed by atoms with van der Waals surface area (Å²) in [5.41, 5.74) is 11.1. The van der Waals surface area contributed by atoms with Crippen LogP contribution in [0.25, 0.3) is 11.1 Å². The number of nitrogens with two attached hydrogens (primary N) is 1. The molecule has 102 valence electrons. The zero-order valence-electron chi connectivity index (χ0n) is 11.5. The molecule has 0 saturated carbocycles. The van der Waals surface area contributed by atoms with E-state index in [9.17, 15) is 4.79 Å². The molecule has 0 bridgehead atoms. The standard InChI is InChI=1S/C16H16N2O2/c1-10-6-7-11(2)12(8-10)9-18-15-13(17)4-3-5-14(15)20-16(18)19/h3-8H,9,17H2,1-2H3. The lowest BCUT2D eigenvalue weighted by Gasteiger charge is -2.08. The number of oxazole rings is 1. The van der Waals surface area contributed by atoms with Crippen molar-refractivity contribution in [2.75, 3.05) is 5.73 Å². The molecular formula is C16H16N2O2. The number of nitrogens with zero attached hydrogens (tertiary/aromatic N) is 1. The molecule has 1 heterocycles. The van der Waals surface area contributed by atoms with Crippen molar-refractivity contribution in [3.8, 4) is 0 Å². The van der Waals surface area contributed by atoms with Gasteiger partial charge in [0.25, 0.3) is 0 Å². The van der Waals surface area contributed by atoms with E-state index in [0.717, 1.165) is 11.1 Å². The van der Waals surface area contributed by atoms with Gasteiger partial charge < -0.3 is 10.2 Å². The van der Waals surface area contributed by atoms with Gasteiger partial charge in [0.15, 0.2) is 5.58 Å². The molecule has 0 atom stereocenters. The van der Waals surface area contributed by atoms with E-state index < -0.39 is 0 Å². The molecule has 0 unspecified atom stereocenters. The van der Waals surface area contributed by atoms with Gasteiger partial charge in [-0.15, -0.1) is 0 Å². The summed E-state index contributed by atoms with van der Waals surface area (Å²) in [4.78, 5) is 12.0. The van der Waals surface area contributed by atoms with E-state index in [1.807, 2.05) is 13.8 Å². The molecule has 4 nitrogen and oxygen atoms in total. The summed E-state index contributed by atoms with van der Waals surface area (Å²) >= 11 is 0.